The van der Waals surface area contributed by atoms with E-state index in [1.807, 2.05) is 0 Å². The van der Waals surface area contributed by atoms with Gasteiger partial charge in [-0.25, -0.2) is 0 Å². The van der Waals surface area contributed by atoms with Crippen LogP contribution in [0.15, 0.2) is 0 Å². The van der Waals surface area contributed by atoms with E-state index in [-0.39, 0.29) is 5.91 Å². The molecule has 1 unspecified atom stereocenters. The standard InChI is InChI=1S/C10H18N2O3S/c1-15-10(14)8(11)5-16-6-9(13)12-4-7-2-3-7/h7-8H,2-6,11H2,1H3,(H,12,13). The second kappa shape index (κ2) is 6.75. The Bertz CT molecular complexity index is 256. The highest BCUT2D eigenvalue weighted by molar-refractivity contribution is 8.00. The lowest BCUT2D eigenvalue weighted by molar-refractivity contribution is -0.141. The van der Waals surface area contributed by atoms with E-state index in [1.54, 1.807) is 0 Å². The zero-order valence-corrected chi connectivity index (χ0v) is 10.2. The van der Waals surface area contributed by atoms with Crippen LogP contribution in [0.3, 0.4) is 0 Å². The van der Waals surface area contributed by atoms with Gasteiger partial charge in [0.15, 0.2) is 0 Å². The number of thioether (sulfide) groups is 1. The molecule has 0 aliphatic heterocycles. The second-order valence-electron chi connectivity index (χ2n) is 3.89. The van der Waals surface area contributed by atoms with Crippen molar-refractivity contribution in [2.75, 3.05) is 25.2 Å². The molecule has 1 aliphatic rings. The summed E-state index contributed by atoms with van der Waals surface area (Å²) < 4.78 is 4.48. The summed E-state index contributed by atoms with van der Waals surface area (Å²) in [5, 5.41) is 2.84. The Kier molecular flexibility index (Phi) is 5.62. The van der Waals surface area contributed by atoms with E-state index in [4.69, 9.17) is 5.73 Å². The quantitative estimate of drug-likeness (QED) is 0.605. The number of hydrogen-bond donors (Lipinski definition) is 2. The van der Waals surface area contributed by atoms with Crippen molar-refractivity contribution in [3.05, 3.63) is 0 Å². The first-order chi connectivity index (χ1) is 7.63. The van der Waals surface area contributed by atoms with Gasteiger partial charge in [0, 0.05) is 12.3 Å². The van der Waals surface area contributed by atoms with E-state index in [2.05, 4.69) is 10.1 Å². The second-order valence-corrected chi connectivity index (χ2v) is 4.92. The molecule has 1 fully saturated rings. The molecule has 1 saturated carbocycles. The van der Waals surface area contributed by atoms with E-state index in [0.29, 0.717) is 17.4 Å². The zero-order chi connectivity index (χ0) is 12.0. The number of esters is 1. The third-order valence-corrected chi connectivity index (χ3v) is 3.38. The van der Waals surface area contributed by atoms with Crippen molar-refractivity contribution in [1.82, 2.24) is 5.32 Å². The molecule has 92 valence electrons. The fraction of sp³-hybridized carbons (Fsp3) is 0.800. The maximum atomic E-state index is 11.3. The van der Waals surface area contributed by atoms with Gasteiger partial charge in [0.05, 0.1) is 12.9 Å². The molecule has 0 aromatic rings. The zero-order valence-electron chi connectivity index (χ0n) is 9.40. The number of rotatable bonds is 7. The largest absolute Gasteiger partial charge is 0.468 e. The summed E-state index contributed by atoms with van der Waals surface area (Å²) in [5.41, 5.74) is 5.52. The third kappa shape index (κ3) is 5.37. The van der Waals surface area contributed by atoms with Crippen LogP contribution in [-0.4, -0.2) is 43.1 Å². The Morgan fingerprint density at radius 1 is 1.56 bits per heavy atom. The summed E-state index contributed by atoms with van der Waals surface area (Å²) in [5.74, 6) is 1.01. The van der Waals surface area contributed by atoms with Crippen LogP contribution in [0, 0.1) is 5.92 Å². The first-order valence-electron chi connectivity index (χ1n) is 5.31. The maximum Gasteiger partial charge on any atom is 0.323 e. The number of methoxy groups -OCH3 is 1. The van der Waals surface area contributed by atoms with E-state index in [9.17, 15) is 9.59 Å². The van der Waals surface area contributed by atoms with Crippen LogP contribution in [0.1, 0.15) is 12.8 Å². The molecule has 1 aliphatic carbocycles. The van der Waals surface area contributed by atoms with E-state index in [0.717, 1.165) is 6.54 Å². The Hall–Kier alpha value is -0.750. The van der Waals surface area contributed by atoms with Crippen LogP contribution in [-0.2, 0) is 14.3 Å². The topological polar surface area (TPSA) is 81.4 Å². The van der Waals surface area contributed by atoms with Crippen LogP contribution >= 0.6 is 11.8 Å². The molecule has 0 heterocycles. The van der Waals surface area contributed by atoms with E-state index in [1.165, 1.54) is 31.7 Å². The number of nitrogens with two attached hydrogens (primary N) is 1. The number of carbonyl (C=O) groups is 2. The first-order valence-corrected chi connectivity index (χ1v) is 6.46. The Balaban J connectivity index is 2.00. The molecule has 1 atom stereocenters. The van der Waals surface area contributed by atoms with Crippen molar-refractivity contribution in [1.29, 1.82) is 0 Å². The molecular formula is C10H18N2O3S. The van der Waals surface area contributed by atoms with Crippen molar-refractivity contribution in [2.24, 2.45) is 11.7 Å². The van der Waals surface area contributed by atoms with Gasteiger partial charge in [0.25, 0.3) is 0 Å². The summed E-state index contributed by atoms with van der Waals surface area (Å²) in [7, 11) is 1.30. The predicted molar refractivity (Wildman–Crippen MR) is 63.1 cm³/mol. The Morgan fingerprint density at radius 2 is 2.25 bits per heavy atom. The highest BCUT2D eigenvalue weighted by Gasteiger charge is 2.21. The Labute approximate surface area is 99.5 Å². The molecule has 3 N–H and O–H groups in total. The molecule has 16 heavy (non-hydrogen) atoms. The lowest BCUT2D eigenvalue weighted by Crippen LogP contribution is -2.35. The van der Waals surface area contributed by atoms with Crippen molar-refractivity contribution < 1.29 is 14.3 Å². The van der Waals surface area contributed by atoms with Gasteiger partial charge in [-0.1, -0.05) is 0 Å². The van der Waals surface area contributed by atoms with Gasteiger partial charge in [0.2, 0.25) is 5.91 Å². The van der Waals surface area contributed by atoms with E-state index >= 15 is 0 Å². The molecular weight excluding hydrogens is 228 g/mol. The normalized spacial score (nSPS) is 16.6. The van der Waals surface area contributed by atoms with Gasteiger partial charge in [-0.2, -0.15) is 0 Å². The lowest BCUT2D eigenvalue weighted by Gasteiger charge is -2.08. The summed E-state index contributed by atoms with van der Waals surface area (Å²) >= 11 is 1.35. The van der Waals surface area contributed by atoms with Crippen LogP contribution in [0.4, 0.5) is 0 Å². The molecule has 0 aromatic heterocycles. The van der Waals surface area contributed by atoms with Crippen LogP contribution in [0.2, 0.25) is 0 Å². The van der Waals surface area contributed by atoms with Gasteiger partial charge in [-0.05, 0) is 18.8 Å². The molecule has 0 spiro atoms. The molecule has 0 saturated heterocycles. The molecule has 5 nitrogen and oxygen atoms in total. The minimum absolute atomic E-state index is 0.00830. The predicted octanol–water partition coefficient (Wildman–Crippen LogP) is -0.254. The Morgan fingerprint density at radius 3 is 2.81 bits per heavy atom. The highest BCUT2D eigenvalue weighted by Crippen LogP contribution is 2.27. The number of nitrogens with one attached hydrogen (secondary N) is 1. The lowest BCUT2D eigenvalue weighted by atomic mass is 10.4. The highest BCUT2D eigenvalue weighted by atomic mass is 32.2. The number of ether oxygens (including phenoxy) is 1. The fourth-order valence-electron chi connectivity index (χ4n) is 1.13. The average Bonchev–Trinajstić information content (AvgIpc) is 3.08. The van der Waals surface area contributed by atoms with Gasteiger partial charge in [-0.3, -0.25) is 9.59 Å². The minimum Gasteiger partial charge on any atom is -0.468 e. The van der Waals surface area contributed by atoms with Gasteiger partial charge < -0.3 is 15.8 Å². The molecule has 1 rings (SSSR count). The van der Waals surface area contributed by atoms with E-state index < -0.39 is 12.0 Å². The van der Waals surface area contributed by atoms with Crippen LogP contribution in [0.25, 0.3) is 0 Å². The van der Waals surface area contributed by atoms with Gasteiger partial charge >= 0.3 is 5.97 Å². The average molecular weight is 246 g/mol. The fourth-order valence-corrected chi connectivity index (χ4v) is 1.92. The van der Waals surface area contributed by atoms with Crippen LogP contribution < -0.4 is 11.1 Å². The van der Waals surface area contributed by atoms with Crippen molar-refractivity contribution >= 4 is 23.6 Å². The molecule has 6 heteroatoms. The van der Waals surface area contributed by atoms with Gasteiger partial charge in [0.1, 0.15) is 6.04 Å². The minimum atomic E-state index is -0.647. The van der Waals surface area contributed by atoms with Gasteiger partial charge in [-0.15, -0.1) is 11.8 Å². The third-order valence-electron chi connectivity index (χ3n) is 2.32. The number of hydrogen-bond acceptors (Lipinski definition) is 5. The van der Waals surface area contributed by atoms with Crippen molar-refractivity contribution in [3.8, 4) is 0 Å². The summed E-state index contributed by atoms with van der Waals surface area (Å²) in [6, 6.07) is -0.647. The summed E-state index contributed by atoms with van der Waals surface area (Å²) in [6.07, 6.45) is 2.45. The van der Waals surface area contributed by atoms with Crippen molar-refractivity contribution in [2.45, 2.75) is 18.9 Å². The monoisotopic (exact) mass is 246 g/mol. The summed E-state index contributed by atoms with van der Waals surface area (Å²) in [6.45, 7) is 0.780. The molecule has 0 aromatic carbocycles. The summed E-state index contributed by atoms with van der Waals surface area (Å²) in [4.78, 5) is 22.3. The number of amides is 1. The molecule has 1 amide bonds. The van der Waals surface area contributed by atoms with Crippen molar-refractivity contribution in [3.63, 3.8) is 0 Å². The van der Waals surface area contributed by atoms with Crippen LogP contribution in [0.5, 0.6) is 0 Å². The SMILES string of the molecule is COC(=O)C(N)CSCC(=O)NCC1CC1. The molecule has 0 bridgehead atoms. The smallest absolute Gasteiger partial charge is 0.323 e. The first kappa shape index (κ1) is 13.3. The molecule has 0 radical (unpaired) electrons. The maximum absolute atomic E-state index is 11.3. The number of carbonyl (C=O) groups excluding carboxylic acids is 2.